The first-order valence-electron chi connectivity index (χ1n) is 9.89. The largest absolute Gasteiger partial charge is 0.473 e. The number of carbonyl (C=O) groups excluding carboxylic acids is 1. The van der Waals surface area contributed by atoms with E-state index in [1.807, 2.05) is 30.3 Å². The van der Waals surface area contributed by atoms with Crippen molar-refractivity contribution in [2.75, 3.05) is 26.2 Å². The van der Waals surface area contributed by atoms with Gasteiger partial charge in [-0.3, -0.25) is 9.69 Å². The Morgan fingerprint density at radius 3 is 2.71 bits per heavy atom. The molecule has 1 aromatic heterocycles. The lowest BCUT2D eigenvalue weighted by atomic mass is 10.2. The fraction of sp³-hybridized carbons (Fsp3) is 0.455. The van der Waals surface area contributed by atoms with Crippen LogP contribution in [0.25, 0.3) is 0 Å². The molecule has 1 aliphatic rings. The smallest absolute Gasteiger partial charge is 0.251 e. The van der Waals surface area contributed by atoms with Crippen LogP contribution in [0.4, 0.5) is 0 Å². The van der Waals surface area contributed by atoms with E-state index in [-0.39, 0.29) is 18.1 Å². The standard InChI is InChI=1S/C22H29N3O3/c1-17-14-25(15-18(2)28-17)12-6-10-24-22(26)20-9-11-23-21(13-20)27-16-19-7-4-3-5-8-19/h3-5,7-9,11,13,17-18H,6,10,12,14-16H2,1-2H3,(H,24,26). The molecule has 1 aliphatic heterocycles. The minimum Gasteiger partial charge on any atom is -0.473 e. The third-order valence-corrected chi connectivity index (χ3v) is 4.66. The zero-order valence-electron chi connectivity index (χ0n) is 16.6. The predicted octanol–water partition coefficient (Wildman–Crippen LogP) is 2.89. The fourth-order valence-corrected chi connectivity index (χ4v) is 3.43. The van der Waals surface area contributed by atoms with Crippen LogP contribution in [0.15, 0.2) is 48.7 Å². The number of benzene rings is 1. The van der Waals surface area contributed by atoms with Crippen molar-refractivity contribution in [2.45, 2.75) is 39.1 Å². The van der Waals surface area contributed by atoms with E-state index in [0.29, 0.717) is 24.6 Å². The van der Waals surface area contributed by atoms with Crippen molar-refractivity contribution >= 4 is 5.91 Å². The Morgan fingerprint density at radius 2 is 1.96 bits per heavy atom. The molecule has 1 saturated heterocycles. The molecule has 6 heteroatoms. The molecule has 0 bridgehead atoms. The summed E-state index contributed by atoms with van der Waals surface area (Å²) in [6.07, 6.45) is 3.05. The lowest BCUT2D eigenvalue weighted by molar-refractivity contribution is -0.0679. The highest BCUT2D eigenvalue weighted by atomic mass is 16.5. The molecule has 2 heterocycles. The Morgan fingerprint density at radius 1 is 1.21 bits per heavy atom. The van der Waals surface area contributed by atoms with Gasteiger partial charge in [-0.2, -0.15) is 0 Å². The highest BCUT2D eigenvalue weighted by Gasteiger charge is 2.21. The summed E-state index contributed by atoms with van der Waals surface area (Å²) in [4.78, 5) is 19.0. The van der Waals surface area contributed by atoms with Crippen LogP contribution in [-0.4, -0.2) is 54.2 Å². The molecule has 0 spiro atoms. The van der Waals surface area contributed by atoms with Crippen LogP contribution in [0.3, 0.4) is 0 Å². The van der Waals surface area contributed by atoms with Gasteiger partial charge < -0.3 is 14.8 Å². The van der Waals surface area contributed by atoms with Gasteiger partial charge in [-0.05, 0) is 31.9 Å². The minimum absolute atomic E-state index is 0.101. The van der Waals surface area contributed by atoms with Gasteiger partial charge in [0, 0.05) is 44.0 Å². The van der Waals surface area contributed by atoms with E-state index >= 15 is 0 Å². The Labute approximate surface area is 166 Å². The summed E-state index contributed by atoms with van der Waals surface area (Å²) in [5.74, 6) is 0.350. The molecule has 0 aliphatic carbocycles. The Bertz CT molecular complexity index is 744. The molecule has 2 unspecified atom stereocenters. The summed E-state index contributed by atoms with van der Waals surface area (Å²) < 4.78 is 11.4. The van der Waals surface area contributed by atoms with Crippen LogP contribution in [0.2, 0.25) is 0 Å². The van der Waals surface area contributed by atoms with Crippen molar-refractivity contribution in [3.05, 3.63) is 59.8 Å². The molecule has 1 amide bonds. The Balaban J connectivity index is 1.41. The number of aromatic nitrogens is 1. The number of carbonyl (C=O) groups is 1. The van der Waals surface area contributed by atoms with Crippen molar-refractivity contribution in [1.82, 2.24) is 15.2 Å². The van der Waals surface area contributed by atoms with Crippen LogP contribution >= 0.6 is 0 Å². The van der Waals surface area contributed by atoms with Crippen LogP contribution in [-0.2, 0) is 11.3 Å². The summed E-state index contributed by atoms with van der Waals surface area (Å²) in [6.45, 7) is 8.13. The second-order valence-corrected chi connectivity index (χ2v) is 7.28. The minimum atomic E-state index is -0.101. The van der Waals surface area contributed by atoms with Crippen LogP contribution in [0.5, 0.6) is 5.88 Å². The van der Waals surface area contributed by atoms with E-state index in [1.54, 1.807) is 18.3 Å². The highest BCUT2D eigenvalue weighted by Crippen LogP contribution is 2.12. The summed E-state index contributed by atoms with van der Waals surface area (Å²) in [5.41, 5.74) is 1.62. The highest BCUT2D eigenvalue weighted by molar-refractivity contribution is 5.94. The molecule has 2 atom stereocenters. The molecule has 0 radical (unpaired) electrons. The van der Waals surface area contributed by atoms with Gasteiger partial charge in [0.25, 0.3) is 5.91 Å². The number of hydrogen-bond donors (Lipinski definition) is 1. The molecule has 1 aromatic carbocycles. The normalized spacial score (nSPS) is 19.9. The number of amides is 1. The zero-order chi connectivity index (χ0) is 19.8. The van der Waals surface area contributed by atoms with Gasteiger partial charge >= 0.3 is 0 Å². The quantitative estimate of drug-likeness (QED) is 0.710. The van der Waals surface area contributed by atoms with Gasteiger partial charge in [0.2, 0.25) is 5.88 Å². The van der Waals surface area contributed by atoms with Gasteiger partial charge in [0.1, 0.15) is 6.61 Å². The molecule has 1 fully saturated rings. The second-order valence-electron chi connectivity index (χ2n) is 7.28. The van der Waals surface area contributed by atoms with Crippen molar-refractivity contribution in [3.8, 4) is 5.88 Å². The Kier molecular flexibility index (Phi) is 7.39. The van der Waals surface area contributed by atoms with Gasteiger partial charge in [0.05, 0.1) is 12.2 Å². The van der Waals surface area contributed by atoms with Crippen molar-refractivity contribution < 1.29 is 14.3 Å². The van der Waals surface area contributed by atoms with Crippen molar-refractivity contribution in [1.29, 1.82) is 0 Å². The van der Waals surface area contributed by atoms with Gasteiger partial charge in [-0.25, -0.2) is 4.98 Å². The molecular formula is C22H29N3O3. The third kappa shape index (κ3) is 6.32. The molecule has 2 aromatic rings. The average molecular weight is 383 g/mol. The Hall–Kier alpha value is -2.44. The maximum absolute atomic E-state index is 12.4. The maximum Gasteiger partial charge on any atom is 0.251 e. The van der Waals surface area contributed by atoms with Crippen LogP contribution in [0.1, 0.15) is 36.2 Å². The lowest BCUT2D eigenvalue weighted by Gasteiger charge is -2.35. The van der Waals surface area contributed by atoms with E-state index in [4.69, 9.17) is 9.47 Å². The van der Waals surface area contributed by atoms with Gasteiger partial charge in [0.15, 0.2) is 0 Å². The molecule has 6 nitrogen and oxygen atoms in total. The zero-order valence-corrected chi connectivity index (χ0v) is 16.6. The SMILES string of the molecule is CC1CN(CCCNC(=O)c2ccnc(OCc3ccccc3)c2)CC(C)O1. The number of morpholine rings is 1. The molecule has 0 saturated carbocycles. The predicted molar refractivity (Wildman–Crippen MR) is 108 cm³/mol. The molecule has 28 heavy (non-hydrogen) atoms. The summed E-state index contributed by atoms with van der Waals surface area (Å²) in [5, 5.41) is 2.98. The van der Waals surface area contributed by atoms with E-state index in [9.17, 15) is 4.79 Å². The summed E-state index contributed by atoms with van der Waals surface area (Å²) in [7, 11) is 0. The van der Waals surface area contributed by atoms with Crippen LogP contribution < -0.4 is 10.1 Å². The fourth-order valence-electron chi connectivity index (χ4n) is 3.43. The number of pyridine rings is 1. The molecular weight excluding hydrogens is 354 g/mol. The second kappa shape index (κ2) is 10.2. The maximum atomic E-state index is 12.4. The number of nitrogens with zero attached hydrogens (tertiary/aromatic N) is 2. The first-order chi connectivity index (χ1) is 13.6. The van der Waals surface area contributed by atoms with Crippen molar-refractivity contribution in [2.24, 2.45) is 0 Å². The number of ether oxygens (including phenoxy) is 2. The summed E-state index contributed by atoms with van der Waals surface area (Å²) in [6, 6.07) is 13.3. The topological polar surface area (TPSA) is 63.7 Å². The number of hydrogen-bond acceptors (Lipinski definition) is 5. The molecule has 150 valence electrons. The van der Waals surface area contributed by atoms with E-state index < -0.39 is 0 Å². The van der Waals surface area contributed by atoms with Gasteiger partial charge in [-0.1, -0.05) is 30.3 Å². The first-order valence-corrected chi connectivity index (χ1v) is 9.89. The summed E-state index contributed by atoms with van der Waals surface area (Å²) >= 11 is 0. The third-order valence-electron chi connectivity index (χ3n) is 4.66. The van der Waals surface area contributed by atoms with Crippen molar-refractivity contribution in [3.63, 3.8) is 0 Å². The lowest BCUT2D eigenvalue weighted by Crippen LogP contribution is -2.46. The van der Waals surface area contributed by atoms with E-state index in [1.165, 1.54) is 0 Å². The number of rotatable bonds is 8. The first kappa shape index (κ1) is 20.3. The molecule has 1 N–H and O–H groups in total. The van der Waals surface area contributed by atoms with E-state index in [2.05, 4.69) is 29.0 Å². The van der Waals surface area contributed by atoms with E-state index in [0.717, 1.165) is 31.6 Å². The van der Waals surface area contributed by atoms with Crippen LogP contribution in [0, 0.1) is 0 Å². The molecule has 3 rings (SSSR count). The average Bonchev–Trinajstić information content (AvgIpc) is 2.70. The monoisotopic (exact) mass is 383 g/mol. The van der Waals surface area contributed by atoms with Gasteiger partial charge in [-0.15, -0.1) is 0 Å². The number of nitrogens with one attached hydrogen (secondary N) is 1.